The molecule has 0 spiro atoms. The minimum Gasteiger partial charge on any atom is -0.373 e. The van der Waals surface area contributed by atoms with Crippen LogP contribution in [0.4, 0.5) is 0 Å². The van der Waals surface area contributed by atoms with Crippen molar-refractivity contribution < 1.29 is 4.74 Å². The standard InChI is InChI=1S/C9H15N5OS/c16-9-10-11-12-14(9)5-8-4-13-3-1-2-7(13)6-15-8/h7-8H,1-6H2,(H,10,12,16). The van der Waals surface area contributed by atoms with E-state index in [-0.39, 0.29) is 6.10 Å². The molecule has 2 atom stereocenters. The SMILES string of the molecule is S=c1nn[nH]n1CC1CN2CCCC2CO1. The molecule has 1 aromatic rings. The van der Waals surface area contributed by atoms with Crippen molar-refractivity contribution in [3.8, 4) is 0 Å². The summed E-state index contributed by atoms with van der Waals surface area (Å²) in [5, 5.41) is 10.2. The van der Waals surface area contributed by atoms with Gasteiger partial charge in [0.05, 0.1) is 19.3 Å². The predicted octanol–water partition coefficient (Wildman–Crippen LogP) is 0.199. The number of tetrazole rings is 1. The van der Waals surface area contributed by atoms with Gasteiger partial charge in [0.15, 0.2) is 0 Å². The lowest BCUT2D eigenvalue weighted by Crippen LogP contribution is -2.47. The first-order valence-electron chi connectivity index (χ1n) is 5.66. The van der Waals surface area contributed by atoms with Crippen LogP contribution in [0.1, 0.15) is 12.8 Å². The number of ether oxygens (including phenoxy) is 1. The first-order valence-corrected chi connectivity index (χ1v) is 6.07. The van der Waals surface area contributed by atoms with Gasteiger partial charge in [-0.3, -0.25) is 4.90 Å². The maximum Gasteiger partial charge on any atom is 0.238 e. The highest BCUT2D eigenvalue weighted by molar-refractivity contribution is 7.71. The van der Waals surface area contributed by atoms with Gasteiger partial charge in [0.25, 0.3) is 0 Å². The van der Waals surface area contributed by atoms with Gasteiger partial charge in [0.2, 0.25) is 4.77 Å². The van der Waals surface area contributed by atoms with Crippen LogP contribution in [-0.4, -0.2) is 56.9 Å². The van der Waals surface area contributed by atoms with Crippen LogP contribution in [0.3, 0.4) is 0 Å². The normalized spacial score (nSPS) is 30.5. The Kier molecular flexibility index (Phi) is 2.74. The summed E-state index contributed by atoms with van der Waals surface area (Å²) < 4.78 is 8.09. The summed E-state index contributed by atoms with van der Waals surface area (Å²) in [5.41, 5.74) is 0. The Balaban J connectivity index is 1.64. The van der Waals surface area contributed by atoms with Crippen LogP contribution in [0.25, 0.3) is 0 Å². The van der Waals surface area contributed by atoms with Crippen molar-refractivity contribution in [3.05, 3.63) is 4.77 Å². The summed E-state index contributed by atoms with van der Waals surface area (Å²) in [6.45, 7) is 3.76. The number of morpholine rings is 1. The van der Waals surface area contributed by atoms with Crippen molar-refractivity contribution in [2.45, 2.75) is 31.5 Å². The minimum absolute atomic E-state index is 0.197. The van der Waals surface area contributed by atoms with Gasteiger partial charge in [-0.1, -0.05) is 10.3 Å². The first-order chi connectivity index (χ1) is 7.83. The Morgan fingerprint density at radius 1 is 1.56 bits per heavy atom. The van der Waals surface area contributed by atoms with E-state index in [0.29, 0.717) is 10.8 Å². The summed E-state index contributed by atoms with van der Waals surface area (Å²) in [4.78, 5) is 2.52. The largest absolute Gasteiger partial charge is 0.373 e. The third-order valence-electron chi connectivity index (χ3n) is 3.38. The van der Waals surface area contributed by atoms with Gasteiger partial charge >= 0.3 is 0 Å². The van der Waals surface area contributed by atoms with Crippen LogP contribution in [-0.2, 0) is 11.3 Å². The summed E-state index contributed by atoms with van der Waals surface area (Å²) in [7, 11) is 0. The van der Waals surface area contributed by atoms with Gasteiger partial charge in [-0.25, -0.2) is 4.68 Å². The fourth-order valence-electron chi connectivity index (χ4n) is 2.53. The van der Waals surface area contributed by atoms with Gasteiger partial charge in [-0.05, 0) is 31.6 Å². The van der Waals surface area contributed by atoms with E-state index >= 15 is 0 Å². The Morgan fingerprint density at radius 3 is 3.31 bits per heavy atom. The second-order valence-electron chi connectivity index (χ2n) is 4.44. The molecule has 2 aliphatic heterocycles. The van der Waals surface area contributed by atoms with E-state index in [4.69, 9.17) is 17.0 Å². The maximum absolute atomic E-state index is 5.84. The molecular formula is C9H15N5OS. The Hall–Kier alpha value is -0.790. The Labute approximate surface area is 98.6 Å². The number of nitrogens with zero attached hydrogens (tertiary/aromatic N) is 4. The van der Waals surface area contributed by atoms with Crippen LogP contribution in [0.15, 0.2) is 0 Å². The number of rotatable bonds is 2. The van der Waals surface area contributed by atoms with Crippen LogP contribution in [0.2, 0.25) is 0 Å². The van der Waals surface area contributed by atoms with Crippen LogP contribution < -0.4 is 0 Å². The van der Waals surface area contributed by atoms with E-state index in [1.54, 1.807) is 4.68 Å². The fourth-order valence-corrected chi connectivity index (χ4v) is 2.69. The number of fused-ring (bicyclic) bond motifs is 1. The lowest BCUT2D eigenvalue weighted by molar-refractivity contribution is -0.0568. The van der Waals surface area contributed by atoms with Crippen LogP contribution in [0.5, 0.6) is 0 Å². The van der Waals surface area contributed by atoms with Crippen LogP contribution in [0, 0.1) is 4.77 Å². The molecule has 7 heteroatoms. The van der Waals surface area contributed by atoms with Gasteiger partial charge in [-0.2, -0.15) is 5.21 Å². The Morgan fingerprint density at radius 2 is 2.50 bits per heavy atom. The van der Waals surface area contributed by atoms with Crippen molar-refractivity contribution in [2.24, 2.45) is 0 Å². The third-order valence-corrected chi connectivity index (χ3v) is 3.68. The van der Waals surface area contributed by atoms with E-state index in [0.717, 1.165) is 19.7 Å². The van der Waals surface area contributed by atoms with E-state index in [9.17, 15) is 0 Å². The highest BCUT2D eigenvalue weighted by atomic mass is 32.1. The zero-order valence-corrected chi connectivity index (χ0v) is 9.82. The van der Waals surface area contributed by atoms with E-state index in [2.05, 4.69) is 20.4 Å². The molecule has 1 aromatic heterocycles. The smallest absolute Gasteiger partial charge is 0.238 e. The lowest BCUT2D eigenvalue weighted by Gasteiger charge is -2.35. The van der Waals surface area contributed by atoms with Crippen molar-refractivity contribution in [2.75, 3.05) is 19.7 Å². The highest BCUT2D eigenvalue weighted by Gasteiger charge is 2.32. The number of aromatic nitrogens is 4. The molecular weight excluding hydrogens is 226 g/mol. The number of aromatic amines is 1. The molecule has 0 aromatic carbocycles. The molecule has 0 saturated carbocycles. The lowest BCUT2D eigenvalue weighted by atomic mass is 10.2. The molecule has 1 N–H and O–H groups in total. The molecule has 2 fully saturated rings. The molecule has 6 nitrogen and oxygen atoms in total. The molecule has 0 amide bonds. The molecule has 0 radical (unpaired) electrons. The zero-order chi connectivity index (χ0) is 11.0. The second kappa shape index (κ2) is 4.23. The predicted molar refractivity (Wildman–Crippen MR) is 59.5 cm³/mol. The van der Waals surface area contributed by atoms with Gasteiger partial charge in [0, 0.05) is 12.6 Å². The van der Waals surface area contributed by atoms with Gasteiger partial charge < -0.3 is 4.74 Å². The number of hydrogen-bond acceptors (Lipinski definition) is 5. The number of hydrogen-bond donors (Lipinski definition) is 1. The molecule has 2 aliphatic rings. The second-order valence-corrected chi connectivity index (χ2v) is 4.80. The molecule has 3 rings (SSSR count). The fraction of sp³-hybridized carbons (Fsp3) is 0.889. The van der Waals surface area contributed by atoms with E-state index in [1.807, 2.05) is 0 Å². The van der Waals surface area contributed by atoms with Gasteiger partial charge in [-0.15, -0.1) is 0 Å². The third kappa shape index (κ3) is 1.90. The molecule has 88 valence electrons. The highest BCUT2D eigenvalue weighted by Crippen LogP contribution is 2.22. The summed E-state index contributed by atoms with van der Waals surface area (Å²) >= 11 is 5.04. The van der Waals surface area contributed by atoms with Crippen molar-refractivity contribution >= 4 is 12.2 Å². The summed E-state index contributed by atoms with van der Waals surface area (Å²) in [6, 6.07) is 0.643. The summed E-state index contributed by atoms with van der Waals surface area (Å²) in [5.74, 6) is 0. The monoisotopic (exact) mass is 241 g/mol. The molecule has 3 heterocycles. The molecule has 2 saturated heterocycles. The quantitative estimate of drug-likeness (QED) is 0.750. The topological polar surface area (TPSA) is 59.0 Å². The van der Waals surface area contributed by atoms with Gasteiger partial charge in [0.1, 0.15) is 0 Å². The number of H-pyrrole nitrogens is 1. The molecule has 16 heavy (non-hydrogen) atoms. The van der Waals surface area contributed by atoms with Crippen molar-refractivity contribution in [1.29, 1.82) is 0 Å². The average Bonchev–Trinajstić information content (AvgIpc) is 2.88. The number of nitrogens with one attached hydrogen (secondary N) is 1. The van der Waals surface area contributed by atoms with E-state index in [1.165, 1.54) is 19.4 Å². The minimum atomic E-state index is 0.197. The van der Waals surface area contributed by atoms with Crippen molar-refractivity contribution in [1.82, 2.24) is 25.1 Å². The van der Waals surface area contributed by atoms with Crippen LogP contribution >= 0.6 is 12.2 Å². The average molecular weight is 241 g/mol. The summed E-state index contributed by atoms with van der Waals surface area (Å²) in [6.07, 6.45) is 2.77. The van der Waals surface area contributed by atoms with Crippen molar-refractivity contribution in [3.63, 3.8) is 0 Å². The molecule has 0 aliphatic carbocycles. The first kappa shape index (κ1) is 10.4. The maximum atomic E-state index is 5.84. The molecule has 2 unspecified atom stereocenters. The Bertz CT molecular complexity index is 416. The molecule has 0 bridgehead atoms. The van der Waals surface area contributed by atoms with E-state index < -0.39 is 0 Å². The zero-order valence-electron chi connectivity index (χ0n) is 9.00.